The lowest BCUT2D eigenvalue weighted by Crippen LogP contribution is -2.21. The number of alkyl halides is 2. The van der Waals surface area contributed by atoms with Gasteiger partial charge in [-0.25, -0.2) is 22.8 Å². The lowest BCUT2D eigenvalue weighted by molar-refractivity contribution is -0.117. The van der Waals surface area contributed by atoms with Crippen molar-refractivity contribution in [3.63, 3.8) is 0 Å². The van der Waals surface area contributed by atoms with Gasteiger partial charge in [0.25, 0.3) is 6.43 Å². The van der Waals surface area contributed by atoms with Gasteiger partial charge in [0, 0.05) is 16.6 Å². The van der Waals surface area contributed by atoms with E-state index in [0.29, 0.717) is 11.3 Å². The molecule has 2 heterocycles. The largest absolute Gasteiger partial charge is 0.292 e. The normalized spacial score (nSPS) is 13.8. The van der Waals surface area contributed by atoms with Crippen LogP contribution in [0.1, 0.15) is 42.1 Å². The maximum atomic E-state index is 13.1. The van der Waals surface area contributed by atoms with Gasteiger partial charge in [0.2, 0.25) is 11.9 Å². The SMILES string of the molecule is O=C(Cn1nc(C(F)F)cc1C1CC1)Nc1ncn(Cc2ccc(F)cc2Cl)n1. The van der Waals surface area contributed by atoms with Gasteiger partial charge >= 0.3 is 0 Å². The van der Waals surface area contributed by atoms with Crippen molar-refractivity contribution in [2.24, 2.45) is 0 Å². The van der Waals surface area contributed by atoms with Crippen LogP contribution in [0.15, 0.2) is 30.6 Å². The molecule has 152 valence electrons. The average molecular weight is 425 g/mol. The molecule has 0 unspecified atom stereocenters. The van der Waals surface area contributed by atoms with Crippen LogP contribution in [0.2, 0.25) is 5.02 Å². The number of aromatic nitrogens is 5. The van der Waals surface area contributed by atoms with Crippen molar-refractivity contribution in [1.82, 2.24) is 24.5 Å². The van der Waals surface area contributed by atoms with Crippen molar-refractivity contribution in [2.45, 2.75) is 38.3 Å². The van der Waals surface area contributed by atoms with Gasteiger partial charge in [0.1, 0.15) is 24.4 Å². The van der Waals surface area contributed by atoms with Crippen molar-refractivity contribution < 1.29 is 18.0 Å². The highest BCUT2D eigenvalue weighted by Crippen LogP contribution is 2.41. The van der Waals surface area contributed by atoms with Gasteiger partial charge in [-0.3, -0.25) is 14.8 Å². The molecular weight excluding hydrogens is 409 g/mol. The smallest absolute Gasteiger partial charge is 0.282 e. The molecule has 0 bridgehead atoms. The van der Waals surface area contributed by atoms with Gasteiger partial charge in [-0.05, 0) is 36.6 Å². The number of amides is 1. The Morgan fingerprint density at radius 3 is 2.76 bits per heavy atom. The summed E-state index contributed by atoms with van der Waals surface area (Å²) in [5.41, 5.74) is 0.944. The molecule has 1 fully saturated rings. The van der Waals surface area contributed by atoms with Crippen molar-refractivity contribution in [3.05, 3.63) is 58.4 Å². The number of nitrogens with zero attached hydrogens (tertiary/aromatic N) is 5. The third kappa shape index (κ3) is 4.58. The summed E-state index contributed by atoms with van der Waals surface area (Å²) in [5.74, 6) is -0.694. The number of nitrogens with one attached hydrogen (secondary N) is 1. The Hall–Kier alpha value is -2.88. The van der Waals surface area contributed by atoms with Gasteiger partial charge in [-0.1, -0.05) is 17.7 Å². The van der Waals surface area contributed by atoms with Crippen LogP contribution in [0.3, 0.4) is 0 Å². The molecule has 11 heteroatoms. The number of hydrogen-bond donors (Lipinski definition) is 1. The Morgan fingerprint density at radius 1 is 1.28 bits per heavy atom. The maximum absolute atomic E-state index is 13.1. The zero-order valence-corrected chi connectivity index (χ0v) is 15.8. The molecule has 0 radical (unpaired) electrons. The van der Waals surface area contributed by atoms with Crippen molar-refractivity contribution in [2.75, 3.05) is 5.32 Å². The number of halogens is 4. The summed E-state index contributed by atoms with van der Waals surface area (Å²) < 4.78 is 41.7. The van der Waals surface area contributed by atoms with Crippen LogP contribution in [0.25, 0.3) is 0 Å². The Bertz CT molecular complexity index is 1050. The van der Waals surface area contributed by atoms with E-state index in [4.69, 9.17) is 11.6 Å². The number of benzene rings is 1. The summed E-state index contributed by atoms with van der Waals surface area (Å²) in [6, 6.07) is 5.38. The summed E-state index contributed by atoms with van der Waals surface area (Å²) in [4.78, 5) is 16.3. The first-order valence-electron chi connectivity index (χ1n) is 8.88. The molecule has 1 aliphatic carbocycles. The number of hydrogen-bond acceptors (Lipinski definition) is 4. The molecule has 1 amide bonds. The molecule has 0 spiro atoms. The average Bonchev–Trinajstić information content (AvgIpc) is 3.27. The van der Waals surface area contributed by atoms with Crippen LogP contribution in [-0.4, -0.2) is 30.5 Å². The fourth-order valence-electron chi connectivity index (χ4n) is 2.95. The lowest BCUT2D eigenvalue weighted by atomic mass is 10.2. The van der Waals surface area contributed by atoms with E-state index in [1.807, 2.05) is 0 Å². The van der Waals surface area contributed by atoms with E-state index in [2.05, 4.69) is 20.5 Å². The zero-order valence-electron chi connectivity index (χ0n) is 15.0. The number of rotatable bonds is 7. The number of anilines is 1. The maximum Gasteiger partial charge on any atom is 0.282 e. The van der Waals surface area contributed by atoms with Crippen LogP contribution in [0.4, 0.5) is 19.1 Å². The fourth-order valence-corrected chi connectivity index (χ4v) is 3.17. The van der Waals surface area contributed by atoms with Gasteiger partial charge in [-0.2, -0.15) is 5.10 Å². The van der Waals surface area contributed by atoms with E-state index in [1.54, 1.807) is 0 Å². The van der Waals surface area contributed by atoms with E-state index in [1.165, 1.54) is 40.0 Å². The first kappa shape index (κ1) is 19.4. The van der Waals surface area contributed by atoms with E-state index in [9.17, 15) is 18.0 Å². The first-order chi connectivity index (χ1) is 13.9. The minimum Gasteiger partial charge on any atom is -0.292 e. The molecule has 1 aliphatic rings. The summed E-state index contributed by atoms with van der Waals surface area (Å²) >= 11 is 6.00. The Labute approximate surface area is 168 Å². The third-order valence-corrected chi connectivity index (χ3v) is 4.83. The zero-order chi connectivity index (χ0) is 20.5. The highest BCUT2D eigenvalue weighted by atomic mass is 35.5. The van der Waals surface area contributed by atoms with Crippen LogP contribution >= 0.6 is 11.6 Å². The van der Waals surface area contributed by atoms with Crippen LogP contribution in [0.5, 0.6) is 0 Å². The molecule has 0 atom stereocenters. The van der Waals surface area contributed by atoms with E-state index >= 15 is 0 Å². The molecule has 29 heavy (non-hydrogen) atoms. The number of carbonyl (C=O) groups excluding carboxylic acids is 1. The molecule has 2 aromatic heterocycles. The predicted octanol–water partition coefficient (Wildman–Crippen LogP) is 3.77. The molecule has 1 N–H and O–H groups in total. The monoisotopic (exact) mass is 424 g/mol. The molecule has 0 saturated heterocycles. The van der Waals surface area contributed by atoms with E-state index in [-0.39, 0.29) is 35.7 Å². The Kier molecular flexibility index (Phi) is 5.27. The Morgan fingerprint density at radius 2 is 2.07 bits per heavy atom. The topological polar surface area (TPSA) is 77.6 Å². The van der Waals surface area contributed by atoms with Crippen LogP contribution in [-0.2, 0) is 17.9 Å². The predicted molar refractivity (Wildman–Crippen MR) is 98.3 cm³/mol. The van der Waals surface area contributed by atoms with E-state index in [0.717, 1.165) is 12.8 Å². The van der Waals surface area contributed by atoms with Crippen LogP contribution in [0, 0.1) is 5.82 Å². The molecule has 4 rings (SSSR count). The second kappa shape index (κ2) is 7.86. The molecule has 7 nitrogen and oxygen atoms in total. The summed E-state index contributed by atoms with van der Waals surface area (Å²) in [6.07, 6.45) is 0.502. The Balaban J connectivity index is 1.41. The fraction of sp³-hybridized carbons (Fsp3) is 0.333. The van der Waals surface area contributed by atoms with Gasteiger partial charge in [-0.15, -0.1) is 5.10 Å². The summed E-state index contributed by atoms with van der Waals surface area (Å²) in [7, 11) is 0. The molecule has 1 aromatic carbocycles. The van der Waals surface area contributed by atoms with Crippen molar-refractivity contribution >= 4 is 23.5 Å². The molecule has 3 aromatic rings. The quantitative estimate of drug-likeness (QED) is 0.626. The molecule has 0 aliphatic heterocycles. The standard InChI is InChI=1S/C18H16ClF3N6O/c19-13-5-12(20)4-3-11(13)7-27-9-23-18(26-27)24-16(29)8-28-15(10-1-2-10)6-14(25-28)17(21)22/h3-6,9-10,17H,1-2,7-8H2,(H,24,26,29). The number of carbonyl (C=O) groups is 1. The molecule has 1 saturated carbocycles. The van der Waals surface area contributed by atoms with E-state index < -0.39 is 18.1 Å². The minimum atomic E-state index is -2.69. The van der Waals surface area contributed by atoms with Crippen molar-refractivity contribution in [1.29, 1.82) is 0 Å². The molecular formula is C18H16ClF3N6O. The minimum absolute atomic E-state index is 0.0578. The second-order valence-corrected chi connectivity index (χ2v) is 7.18. The van der Waals surface area contributed by atoms with Crippen LogP contribution < -0.4 is 5.32 Å². The van der Waals surface area contributed by atoms with Gasteiger partial charge in [0.05, 0.1) is 6.54 Å². The van der Waals surface area contributed by atoms with Gasteiger partial charge in [0.15, 0.2) is 0 Å². The van der Waals surface area contributed by atoms with Gasteiger partial charge < -0.3 is 0 Å². The summed E-state index contributed by atoms with van der Waals surface area (Å²) in [5, 5.41) is 10.7. The van der Waals surface area contributed by atoms with Crippen molar-refractivity contribution in [3.8, 4) is 0 Å². The lowest BCUT2D eigenvalue weighted by Gasteiger charge is -2.06. The summed E-state index contributed by atoms with van der Waals surface area (Å²) in [6.45, 7) is 0.0294. The highest BCUT2D eigenvalue weighted by Gasteiger charge is 2.30. The first-order valence-corrected chi connectivity index (χ1v) is 9.26. The third-order valence-electron chi connectivity index (χ3n) is 4.48. The highest BCUT2D eigenvalue weighted by molar-refractivity contribution is 6.31. The second-order valence-electron chi connectivity index (χ2n) is 6.78.